The molecule has 7 heteroatoms. The molecular weight excluding hydrogens is 346 g/mol. The Hall–Kier alpha value is -0.920. The Kier molecular flexibility index (Phi) is 3.86. The van der Waals surface area contributed by atoms with Gasteiger partial charge in [-0.3, -0.25) is 10.1 Å². The molecule has 1 saturated heterocycles. The SMILES string of the molecule is O=C(NC1=NN2C(=CBr)CSC2S1)c1ccccc1. The lowest BCUT2D eigenvalue weighted by molar-refractivity contribution is 0.0977. The van der Waals surface area contributed by atoms with Gasteiger partial charge in [0.05, 0.1) is 5.70 Å². The summed E-state index contributed by atoms with van der Waals surface area (Å²) in [5.41, 5.74) is 1.76. The number of carbonyl (C=O) groups is 1. The van der Waals surface area contributed by atoms with Crippen LogP contribution < -0.4 is 5.32 Å². The normalized spacial score (nSPS) is 23.4. The highest BCUT2D eigenvalue weighted by molar-refractivity contribution is 9.11. The van der Waals surface area contributed by atoms with E-state index in [0.29, 0.717) is 10.7 Å². The highest BCUT2D eigenvalue weighted by Crippen LogP contribution is 2.43. The van der Waals surface area contributed by atoms with Gasteiger partial charge in [0.1, 0.15) is 0 Å². The molecule has 19 heavy (non-hydrogen) atoms. The van der Waals surface area contributed by atoms with E-state index in [1.54, 1.807) is 35.7 Å². The van der Waals surface area contributed by atoms with Crippen LogP contribution in [0.15, 0.2) is 46.1 Å². The maximum atomic E-state index is 12.0. The fourth-order valence-corrected chi connectivity index (χ4v) is 4.68. The van der Waals surface area contributed by atoms with Crippen molar-refractivity contribution in [3.63, 3.8) is 0 Å². The monoisotopic (exact) mass is 355 g/mol. The third-order valence-electron chi connectivity index (χ3n) is 2.66. The van der Waals surface area contributed by atoms with Crippen molar-refractivity contribution in [2.75, 3.05) is 5.75 Å². The number of halogens is 1. The van der Waals surface area contributed by atoms with E-state index in [4.69, 9.17) is 0 Å². The largest absolute Gasteiger partial charge is 0.300 e. The summed E-state index contributed by atoms with van der Waals surface area (Å²) in [6, 6.07) is 9.15. The van der Waals surface area contributed by atoms with Gasteiger partial charge in [-0.2, -0.15) is 0 Å². The average Bonchev–Trinajstić information content (AvgIpc) is 2.99. The van der Waals surface area contributed by atoms with Crippen LogP contribution in [0.1, 0.15) is 10.4 Å². The zero-order chi connectivity index (χ0) is 13.2. The lowest BCUT2D eigenvalue weighted by atomic mass is 10.2. The second kappa shape index (κ2) is 5.60. The van der Waals surface area contributed by atoms with E-state index in [1.165, 1.54) is 0 Å². The molecule has 0 saturated carbocycles. The first-order valence-electron chi connectivity index (χ1n) is 5.59. The fourth-order valence-electron chi connectivity index (χ4n) is 1.74. The Morgan fingerprint density at radius 3 is 3.00 bits per heavy atom. The third kappa shape index (κ3) is 2.68. The minimum Gasteiger partial charge on any atom is -0.300 e. The van der Waals surface area contributed by atoms with E-state index in [0.717, 1.165) is 11.4 Å². The molecule has 1 amide bonds. The Morgan fingerprint density at radius 1 is 1.47 bits per heavy atom. The molecule has 0 spiro atoms. The molecule has 1 fully saturated rings. The first-order valence-corrected chi connectivity index (χ1v) is 8.44. The highest BCUT2D eigenvalue weighted by atomic mass is 79.9. The van der Waals surface area contributed by atoms with Crippen molar-refractivity contribution in [1.82, 2.24) is 10.3 Å². The van der Waals surface area contributed by atoms with Gasteiger partial charge in [-0.25, -0.2) is 5.01 Å². The van der Waals surface area contributed by atoms with Crippen LogP contribution in [-0.4, -0.2) is 26.5 Å². The van der Waals surface area contributed by atoms with E-state index >= 15 is 0 Å². The second-order valence-electron chi connectivity index (χ2n) is 3.91. The number of amides is 1. The van der Waals surface area contributed by atoms with Crippen LogP contribution in [0.25, 0.3) is 0 Å². The van der Waals surface area contributed by atoms with Crippen molar-refractivity contribution in [2.45, 2.75) is 4.71 Å². The van der Waals surface area contributed by atoms with Crippen LogP contribution >= 0.6 is 39.5 Å². The van der Waals surface area contributed by atoms with Crippen LogP contribution in [0.4, 0.5) is 0 Å². The molecule has 2 heterocycles. The topological polar surface area (TPSA) is 44.7 Å². The minimum atomic E-state index is -0.123. The summed E-state index contributed by atoms with van der Waals surface area (Å²) >= 11 is 6.70. The number of hydrogen-bond donors (Lipinski definition) is 1. The highest BCUT2D eigenvalue weighted by Gasteiger charge is 2.36. The van der Waals surface area contributed by atoms with Crippen LogP contribution in [0.5, 0.6) is 0 Å². The lowest BCUT2D eigenvalue weighted by Crippen LogP contribution is -2.27. The van der Waals surface area contributed by atoms with Crippen molar-refractivity contribution in [3.8, 4) is 0 Å². The zero-order valence-electron chi connectivity index (χ0n) is 9.75. The number of nitrogens with zero attached hydrogens (tertiary/aromatic N) is 2. The van der Waals surface area contributed by atoms with E-state index in [9.17, 15) is 4.79 Å². The van der Waals surface area contributed by atoms with E-state index in [1.807, 2.05) is 28.2 Å². The van der Waals surface area contributed by atoms with Gasteiger partial charge >= 0.3 is 0 Å². The summed E-state index contributed by atoms with van der Waals surface area (Å²) in [5, 5.41) is 9.86. The van der Waals surface area contributed by atoms with Gasteiger partial charge < -0.3 is 0 Å². The van der Waals surface area contributed by atoms with Crippen LogP contribution in [-0.2, 0) is 0 Å². The summed E-state index contributed by atoms with van der Waals surface area (Å²) in [5.74, 6) is 0.814. The van der Waals surface area contributed by atoms with Gasteiger partial charge in [-0.05, 0) is 23.9 Å². The second-order valence-corrected chi connectivity index (χ2v) is 6.80. The van der Waals surface area contributed by atoms with Crippen molar-refractivity contribution in [1.29, 1.82) is 0 Å². The van der Waals surface area contributed by atoms with Crippen molar-refractivity contribution >= 4 is 50.5 Å². The van der Waals surface area contributed by atoms with E-state index < -0.39 is 0 Å². The van der Waals surface area contributed by atoms with Crippen LogP contribution in [0, 0.1) is 0 Å². The Labute approximate surface area is 127 Å². The molecule has 1 atom stereocenters. The van der Waals surface area contributed by atoms with Crippen molar-refractivity contribution in [3.05, 3.63) is 46.6 Å². The predicted molar refractivity (Wildman–Crippen MR) is 84.0 cm³/mol. The third-order valence-corrected chi connectivity index (χ3v) is 5.64. The molecule has 2 aliphatic rings. The van der Waals surface area contributed by atoms with Gasteiger partial charge in [0.2, 0.25) is 0 Å². The lowest BCUT2D eigenvalue weighted by Gasteiger charge is -2.10. The van der Waals surface area contributed by atoms with Gasteiger partial charge in [0, 0.05) is 16.3 Å². The smallest absolute Gasteiger partial charge is 0.257 e. The van der Waals surface area contributed by atoms with Crippen molar-refractivity contribution in [2.24, 2.45) is 5.10 Å². The van der Waals surface area contributed by atoms with Gasteiger partial charge in [0.15, 0.2) is 9.87 Å². The minimum absolute atomic E-state index is 0.123. The van der Waals surface area contributed by atoms with Crippen LogP contribution in [0.2, 0.25) is 0 Å². The standard InChI is InChI=1S/C12H10BrN3OS2/c13-6-9-7-18-12-16(9)15-11(19-12)14-10(17)8-4-2-1-3-5-8/h1-6,12H,7H2,(H,14,15,17). The number of carbonyl (C=O) groups excluding carboxylic acids is 1. The number of hydrogen-bond acceptors (Lipinski definition) is 5. The molecule has 98 valence electrons. The molecule has 0 bridgehead atoms. The number of thioether (sulfide) groups is 2. The Morgan fingerprint density at radius 2 is 2.26 bits per heavy atom. The number of fused-ring (bicyclic) bond motifs is 1. The average molecular weight is 356 g/mol. The first-order chi connectivity index (χ1) is 9.28. The summed E-state index contributed by atoms with van der Waals surface area (Å²) in [4.78, 5) is 13.9. The summed E-state index contributed by atoms with van der Waals surface area (Å²) in [7, 11) is 0. The Balaban J connectivity index is 1.71. The van der Waals surface area contributed by atoms with Crippen LogP contribution in [0.3, 0.4) is 0 Å². The molecule has 1 unspecified atom stereocenters. The quantitative estimate of drug-likeness (QED) is 0.840. The zero-order valence-corrected chi connectivity index (χ0v) is 13.0. The molecule has 0 aliphatic carbocycles. The Bertz CT molecular complexity index is 561. The van der Waals surface area contributed by atoms with Crippen molar-refractivity contribution < 1.29 is 4.79 Å². The summed E-state index contributed by atoms with van der Waals surface area (Å²) < 4.78 is 0.231. The molecule has 2 aliphatic heterocycles. The van der Waals surface area contributed by atoms with E-state index in [-0.39, 0.29) is 10.6 Å². The summed E-state index contributed by atoms with van der Waals surface area (Å²) in [6.07, 6.45) is 0. The first kappa shape index (κ1) is 13.1. The molecule has 0 radical (unpaired) electrons. The summed E-state index contributed by atoms with van der Waals surface area (Å²) in [6.45, 7) is 0. The predicted octanol–water partition coefficient (Wildman–Crippen LogP) is 3.00. The van der Waals surface area contributed by atoms with Gasteiger partial charge in [-0.15, -0.1) is 16.9 Å². The van der Waals surface area contributed by atoms with Gasteiger partial charge in [0.25, 0.3) is 5.91 Å². The molecule has 4 nitrogen and oxygen atoms in total. The molecule has 3 rings (SSSR count). The number of nitrogens with one attached hydrogen (secondary N) is 1. The molecule has 1 aromatic rings. The molecular formula is C12H10BrN3OS2. The number of rotatable bonds is 1. The maximum Gasteiger partial charge on any atom is 0.257 e. The molecule has 0 aromatic heterocycles. The van der Waals surface area contributed by atoms with E-state index in [2.05, 4.69) is 26.3 Å². The fraction of sp³-hybridized carbons (Fsp3) is 0.167. The number of hydrazone groups is 1. The van der Waals surface area contributed by atoms with Gasteiger partial charge in [-0.1, -0.05) is 34.1 Å². The number of benzene rings is 1. The molecule has 1 N–H and O–H groups in total. The molecule has 1 aromatic carbocycles. The number of amidine groups is 1. The maximum absolute atomic E-state index is 12.0.